The van der Waals surface area contributed by atoms with Crippen molar-refractivity contribution >= 4 is 22.4 Å². The molecule has 4 nitrogen and oxygen atoms in total. The molecule has 5 heteroatoms. The minimum Gasteiger partial charge on any atom is -0.508 e. The summed E-state index contributed by atoms with van der Waals surface area (Å²) in [6, 6.07) is 17.0. The molecule has 0 radical (unpaired) electrons. The summed E-state index contributed by atoms with van der Waals surface area (Å²) in [4.78, 5) is 18.4. The van der Waals surface area contributed by atoms with Gasteiger partial charge in [0.25, 0.3) is 0 Å². The Morgan fingerprint density at radius 1 is 1.12 bits per heavy atom. The summed E-state index contributed by atoms with van der Waals surface area (Å²) in [5, 5.41) is 13.5. The van der Waals surface area contributed by atoms with Crippen molar-refractivity contribution in [1.29, 1.82) is 0 Å². The first-order valence-electron chi connectivity index (χ1n) is 8.45. The zero-order chi connectivity index (χ0) is 18.7. The monoisotopic (exact) mass is 366 g/mol. The second-order valence-electron chi connectivity index (χ2n) is 6.89. The third-order valence-electron chi connectivity index (χ3n) is 4.49. The topological polar surface area (TPSA) is 62.2 Å². The summed E-state index contributed by atoms with van der Waals surface area (Å²) < 4.78 is 0. The van der Waals surface area contributed by atoms with Crippen LogP contribution in [0.4, 0.5) is 5.13 Å². The number of nitrogens with zero attached hydrogens (tertiary/aromatic N) is 1. The first-order valence-corrected chi connectivity index (χ1v) is 9.27. The first kappa shape index (κ1) is 18.1. The van der Waals surface area contributed by atoms with Gasteiger partial charge >= 0.3 is 0 Å². The van der Waals surface area contributed by atoms with Gasteiger partial charge in [-0.05, 0) is 30.2 Å². The molecule has 3 aromatic rings. The molecule has 134 valence electrons. The van der Waals surface area contributed by atoms with Crippen LogP contribution in [0.25, 0.3) is 0 Å². The molecule has 1 aromatic heterocycles. The van der Waals surface area contributed by atoms with Gasteiger partial charge in [0.2, 0.25) is 5.91 Å². The van der Waals surface area contributed by atoms with Gasteiger partial charge in [0.15, 0.2) is 5.13 Å². The molecule has 0 spiro atoms. The number of rotatable bonds is 5. The van der Waals surface area contributed by atoms with E-state index in [1.807, 2.05) is 57.2 Å². The minimum absolute atomic E-state index is 0.107. The first-order chi connectivity index (χ1) is 12.4. The van der Waals surface area contributed by atoms with Gasteiger partial charge in [0, 0.05) is 17.0 Å². The lowest BCUT2D eigenvalue weighted by atomic mass is 9.70. The summed E-state index contributed by atoms with van der Waals surface area (Å²) in [7, 11) is 0. The second kappa shape index (κ2) is 7.30. The van der Waals surface area contributed by atoms with Crippen molar-refractivity contribution < 1.29 is 9.90 Å². The Morgan fingerprint density at radius 2 is 1.81 bits per heavy atom. The third kappa shape index (κ3) is 3.78. The highest BCUT2D eigenvalue weighted by Crippen LogP contribution is 2.42. The zero-order valence-corrected chi connectivity index (χ0v) is 15.9. The molecule has 0 aliphatic heterocycles. The molecule has 0 aliphatic rings. The molecule has 26 heavy (non-hydrogen) atoms. The third-order valence-corrected chi connectivity index (χ3v) is 5.31. The number of thiazole rings is 1. The summed E-state index contributed by atoms with van der Waals surface area (Å²) in [5.74, 6) is -0.129. The van der Waals surface area contributed by atoms with Crippen LogP contribution in [0.15, 0.2) is 60.8 Å². The summed E-state index contributed by atoms with van der Waals surface area (Å²) in [5.41, 5.74) is 1.16. The number of aryl methyl sites for hydroxylation is 1. The van der Waals surface area contributed by atoms with E-state index in [1.54, 1.807) is 24.4 Å². The highest BCUT2D eigenvalue weighted by molar-refractivity contribution is 7.15. The molecule has 1 atom stereocenters. The Bertz CT molecular complexity index is 903. The van der Waals surface area contributed by atoms with Gasteiger partial charge in [-0.3, -0.25) is 4.79 Å². The van der Waals surface area contributed by atoms with Crippen LogP contribution in [-0.2, 0) is 4.79 Å². The number of aromatic nitrogens is 1. The maximum Gasteiger partial charge on any atom is 0.232 e. The van der Waals surface area contributed by atoms with E-state index in [2.05, 4.69) is 10.3 Å². The van der Waals surface area contributed by atoms with E-state index < -0.39 is 5.41 Å². The number of nitrogens with one attached hydrogen (secondary N) is 1. The summed E-state index contributed by atoms with van der Waals surface area (Å²) in [6.07, 6.45) is 1.75. The summed E-state index contributed by atoms with van der Waals surface area (Å²) in [6.45, 7) is 5.80. The van der Waals surface area contributed by atoms with Gasteiger partial charge in [0.1, 0.15) is 5.75 Å². The molecule has 3 rings (SSSR count). The van der Waals surface area contributed by atoms with E-state index in [9.17, 15) is 9.90 Å². The number of phenolic OH excluding ortho intramolecular Hbond substituents is 1. The van der Waals surface area contributed by atoms with Crippen molar-refractivity contribution in [3.05, 3.63) is 76.8 Å². The van der Waals surface area contributed by atoms with Crippen molar-refractivity contribution in [1.82, 2.24) is 4.98 Å². The van der Waals surface area contributed by atoms with Crippen molar-refractivity contribution in [3.8, 4) is 5.75 Å². The second-order valence-corrected chi connectivity index (χ2v) is 8.13. The largest absolute Gasteiger partial charge is 0.508 e. The van der Waals surface area contributed by atoms with Crippen LogP contribution in [0.2, 0.25) is 0 Å². The molecule has 1 unspecified atom stereocenters. The minimum atomic E-state index is -0.755. The van der Waals surface area contributed by atoms with Gasteiger partial charge in [-0.25, -0.2) is 4.98 Å². The van der Waals surface area contributed by atoms with Crippen LogP contribution < -0.4 is 5.32 Å². The van der Waals surface area contributed by atoms with Gasteiger partial charge in [0.05, 0.1) is 5.41 Å². The van der Waals surface area contributed by atoms with Crippen LogP contribution >= 0.6 is 11.3 Å². The molecule has 0 aliphatic carbocycles. The number of aromatic hydroxyl groups is 1. The molecule has 1 heterocycles. The Labute approximate surface area is 157 Å². The number of carbonyl (C=O) groups is 1. The molecular formula is C21H22N2O2S. The maximum absolute atomic E-state index is 13.1. The predicted molar refractivity (Wildman–Crippen MR) is 106 cm³/mol. The van der Waals surface area contributed by atoms with E-state index in [0.29, 0.717) is 5.13 Å². The molecular weight excluding hydrogens is 344 g/mol. The zero-order valence-electron chi connectivity index (χ0n) is 15.1. The maximum atomic E-state index is 13.1. The lowest BCUT2D eigenvalue weighted by Crippen LogP contribution is -2.37. The quantitative estimate of drug-likeness (QED) is 0.671. The Balaban J connectivity index is 2.00. The highest BCUT2D eigenvalue weighted by Gasteiger charge is 2.39. The molecule has 0 bridgehead atoms. The fraction of sp³-hybridized carbons (Fsp3) is 0.238. The van der Waals surface area contributed by atoms with Crippen LogP contribution in [-0.4, -0.2) is 16.0 Å². The van der Waals surface area contributed by atoms with Crippen LogP contribution in [0.1, 0.15) is 35.8 Å². The van der Waals surface area contributed by atoms with Crippen LogP contribution in [0, 0.1) is 12.3 Å². The van der Waals surface area contributed by atoms with Crippen LogP contribution in [0.5, 0.6) is 5.75 Å². The molecule has 0 saturated carbocycles. The number of amides is 1. The Hall–Kier alpha value is -2.66. The van der Waals surface area contributed by atoms with E-state index in [4.69, 9.17) is 0 Å². The van der Waals surface area contributed by atoms with Gasteiger partial charge in [-0.1, -0.05) is 56.3 Å². The average molecular weight is 366 g/mol. The number of phenols is 1. The van der Waals surface area contributed by atoms with Crippen molar-refractivity contribution in [3.63, 3.8) is 0 Å². The molecule has 1 amide bonds. The number of anilines is 1. The predicted octanol–water partition coefficient (Wildman–Crippen LogP) is 4.95. The molecule has 0 saturated heterocycles. The molecule has 2 aromatic carbocycles. The number of hydrogen-bond acceptors (Lipinski definition) is 4. The van der Waals surface area contributed by atoms with Crippen LogP contribution in [0.3, 0.4) is 0 Å². The van der Waals surface area contributed by atoms with Gasteiger partial charge in [-0.2, -0.15) is 0 Å². The SMILES string of the molecule is Cc1cnc(NC(=O)C(C)(C)C(c2ccccc2)c2cccc(O)c2)s1. The van der Waals surface area contributed by atoms with Gasteiger partial charge in [-0.15, -0.1) is 11.3 Å². The van der Waals surface area contributed by atoms with E-state index in [0.717, 1.165) is 16.0 Å². The number of benzene rings is 2. The van der Waals surface area contributed by atoms with E-state index in [-0.39, 0.29) is 17.6 Å². The lowest BCUT2D eigenvalue weighted by molar-refractivity contribution is -0.124. The van der Waals surface area contributed by atoms with E-state index >= 15 is 0 Å². The number of hydrogen-bond donors (Lipinski definition) is 2. The molecule has 2 N–H and O–H groups in total. The van der Waals surface area contributed by atoms with Crippen molar-refractivity contribution in [2.45, 2.75) is 26.7 Å². The Kier molecular flexibility index (Phi) is 5.09. The highest BCUT2D eigenvalue weighted by atomic mass is 32.1. The average Bonchev–Trinajstić information content (AvgIpc) is 3.01. The van der Waals surface area contributed by atoms with E-state index in [1.165, 1.54) is 11.3 Å². The van der Waals surface area contributed by atoms with Crippen molar-refractivity contribution in [2.24, 2.45) is 5.41 Å². The van der Waals surface area contributed by atoms with Gasteiger partial charge < -0.3 is 10.4 Å². The Morgan fingerprint density at radius 3 is 2.42 bits per heavy atom. The fourth-order valence-electron chi connectivity index (χ4n) is 3.18. The normalized spacial score (nSPS) is 12.6. The standard InChI is InChI=1S/C21H22N2O2S/c1-14-13-22-20(26-14)23-19(25)21(2,3)18(15-8-5-4-6-9-15)16-10-7-11-17(24)12-16/h4-13,18,24H,1-3H3,(H,22,23,25). The fourth-order valence-corrected chi connectivity index (χ4v) is 3.84. The smallest absolute Gasteiger partial charge is 0.232 e. The molecule has 0 fully saturated rings. The van der Waals surface area contributed by atoms with Crippen molar-refractivity contribution in [2.75, 3.05) is 5.32 Å². The summed E-state index contributed by atoms with van der Waals surface area (Å²) >= 11 is 1.45. The lowest BCUT2D eigenvalue weighted by Gasteiger charge is -2.33. The number of carbonyl (C=O) groups excluding carboxylic acids is 1.